The van der Waals surface area contributed by atoms with Gasteiger partial charge in [-0.15, -0.1) is 0 Å². The van der Waals surface area contributed by atoms with Crippen LogP contribution in [-0.4, -0.2) is 96.7 Å². The average molecular weight is 1410 g/mol. The number of hydrogen-bond donors (Lipinski definition) is 3. The van der Waals surface area contributed by atoms with E-state index in [2.05, 4.69) is 65.8 Å². The normalized spacial score (nSPS) is 14.2. The number of aliphatic hydroxyl groups excluding tert-OH is 1. The summed E-state index contributed by atoms with van der Waals surface area (Å²) in [6.45, 7) is 9.56. The van der Waals surface area contributed by atoms with Crippen molar-refractivity contribution in [2.45, 2.75) is 394 Å². The van der Waals surface area contributed by atoms with Crippen molar-refractivity contribution in [1.82, 2.24) is 0 Å². The predicted octanol–water partition coefficient (Wildman–Crippen LogP) is 22.3. The van der Waals surface area contributed by atoms with Crippen molar-refractivity contribution in [3.8, 4) is 0 Å². The van der Waals surface area contributed by atoms with E-state index in [1.54, 1.807) is 0 Å². The molecule has 3 N–H and O–H groups in total. The molecule has 0 aromatic carbocycles. The summed E-state index contributed by atoms with van der Waals surface area (Å²) in [4.78, 5) is 72.8. The van der Waals surface area contributed by atoms with Gasteiger partial charge in [0.2, 0.25) is 0 Å². The molecule has 0 aliphatic rings. The predicted molar refractivity (Wildman–Crippen MR) is 391 cm³/mol. The lowest BCUT2D eigenvalue weighted by Crippen LogP contribution is -2.30. The SMILES string of the molecule is CCCCCC/C=C\C=C/CCCCCCCC(=O)O[C@H](COC(=O)CCCCCCCCCCC)COP(=O)(O)OC[C@H](O)COP(=O)(O)OC[C@@H](COC(=O)CCCCCCCCCCCCCCCC(C)C)OC(=O)CCCCCCCCCCCCCCCC(C)C. The highest BCUT2D eigenvalue weighted by Gasteiger charge is 2.30. The van der Waals surface area contributed by atoms with Crippen LogP contribution in [0.15, 0.2) is 24.3 Å². The lowest BCUT2D eigenvalue weighted by Gasteiger charge is -2.21. The number of allylic oxidation sites excluding steroid dienone is 4. The van der Waals surface area contributed by atoms with Crippen molar-refractivity contribution in [3.05, 3.63) is 24.3 Å². The largest absolute Gasteiger partial charge is 0.472 e. The number of carbonyl (C=O) groups is 4. The van der Waals surface area contributed by atoms with Gasteiger partial charge in [0.15, 0.2) is 12.2 Å². The Bertz CT molecular complexity index is 1950. The van der Waals surface area contributed by atoms with Crippen molar-refractivity contribution in [2.24, 2.45) is 11.8 Å². The Labute approximate surface area is 586 Å². The first kappa shape index (κ1) is 93.5. The van der Waals surface area contributed by atoms with Crippen molar-refractivity contribution in [3.63, 3.8) is 0 Å². The number of unbranched alkanes of at least 4 members (excludes halogenated alkanes) is 41. The molecule has 0 bridgehead atoms. The molecule has 96 heavy (non-hydrogen) atoms. The lowest BCUT2D eigenvalue weighted by molar-refractivity contribution is -0.161. The molecule has 0 spiro atoms. The monoisotopic (exact) mass is 1410 g/mol. The summed E-state index contributed by atoms with van der Waals surface area (Å²) < 4.78 is 68.5. The van der Waals surface area contributed by atoms with Gasteiger partial charge in [-0.25, -0.2) is 9.13 Å². The fraction of sp³-hybridized carbons (Fsp3) is 0.896. The summed E-state index contributed by atoms with van der Waals surface area (Å²) in [7, 11) is -9.92. The zero-order chi connectivity index (χ0) is 70.7. The highest BCUT2D eigenvalue weighted by atomic mass is 31.2. The van der Waals surface area contributed by atoms with Crippen LogP contribution in [0.4, 0.5) is 0 Å². The quantitative estimate of drug-likeness (QED) is 0.0169. The van der Waals surface area contributed by atoms with Gasteiger partial charge in [-0.1, -0.05) is 323 Å². The number of carbonyl (C=O) groups excluding carboxylic acids is 4. The highest BCUT2D eigenvalue weighted by molar-refractivity contribution is 7.47. The number of rotatable bonds is 74. The molecule has 0 aliphatic carbocycles. The van der Waals surface area contributed by atoms with Gasteiger partial charge in [-0.2, -0.15) is 0 Å². The van der Waals surface area contributed by atoms with E-state index in [1.807, 2.05) is 0 Å². The van der Waals surface area contributed by atoms with E-state index in [-0.39, 0.29) is 25.7 Å². The molecular formula is C77H146O17P2. The van der Waals surface area contributed by atoms with Crippen molar-refractivity contribution < 1.29 is 80.2 Å². The van der Waals surface area contributed by atoms with Gasteiger partial charge in [-0.05, 0) is 63.2 Å². The van der Waals surface area contributed by atoms with E-state index in [4.69, 9.17) is 37.0 Å². The molecule has 566 valence electrons. The minimum atomic E-state index is -4.96. The molecule has 19 heteroatoms. The van der Waals surface area contributed by atoms with Gasteiger partial charge in [0.1, 0.15) is 19.3 Å². The summed E-state index contributed by atoms with van der Waals surface area (Å²) in [6.07, 6.45) is 59.0. The van der Waals surface area contributed by atoms with Gasteiger partial charge in [-0.3, -0.25) is 37.3 Å². The van der Waals surface area contributed by atoms with E-state index in [9.17, 15) is 43.2 Å². The third-order valence-corrected chi connectivity index (χ3v) is 19.2. The van der Waals surface area contributed by atoms with Crippen LogP contribution in [0.3, 0.4) is 0 Å². The zero-order valence-electron chi connectivity index (χ0n) is 62.2. The van der Waals surface area contributed by atoms with Crippen LogP contribution in [0.1, 0.15) is 375 Å². The first-order chi connectivity index (χ1) is 46.4. The summed E-state index contributed by atoms with van der Waals surface area (Å²) in [5.41, 5.74) is 0. The maximum atomic E-state index is 13.1. The number of phosphoric ester groups is 2. The zero-order valence-corrected chi connectivity index (χ0v) is 63.9. The van der Waals surface area contributed by atoms with Crippen LogP contribution in [0.2, 0.25) is 0 Å². The molecule has 0 fully saturated rings. The van der Waals surface area contributed by atoms with Crippen LogP contribution < -0.4 is 0 Å². The van der Waals surface area contributed by atoms with Crippen molar-refractivity contribution >= 4 is 39.5 Å². The minimum Gasteiger partial charge on any atom is -0.462 e. The third kappa shape index (κ3) is 70.0. The Morgan fingerprint density at radius 3 is 0.854 bits per heavy atom. The van der Waals surface area contributed by atoms with Crippen LogP contribution in [0.25, 0.3) is 0 Å². The number of ether oxygens (including phenoxy) is 4. The van der Waals surface area contributed by atoms with Gasteiger partial charge in [0, 0.05) is 25.7 Å². The molecular weight excluding hydrogens is 1260 g/mol. The van der Waals surface area contributed by atoms with E-state index < -0.39 is 97.5 Å². The third-order valence-electron chi connectivity index (χ3n) is 17.3. The van der Waals surface area contributed by atoms with E-state index in [0.717, 1.165) is 115 Å². The molecule has 0 saturated carbocycles. The van der Waals surface area contributed by atoms with Gasteiger partial charge < -0.3 is 33.8 Å². The minimum absolute atomic E-state index is 0.0850. The average Bonchev–Trinajstić information content (AvgIpc) is 1.39. The Morgan fingerprint density at radius 2 is 0.562 bits per heavy atom. The fourth-order valence-corrected chi connectivity index (χ4v) is 12.9. The molecule has 0 rings (SSSR count). The molecule has 5 atom stereocenters. The molecule has 0 aromatic heterocycles. The second kappa shape index (κ2) is 68.3. The second-order valence-electron chi connectivity index (χ2n) is 28.0. The fourth-order valence-electron chi connectivity index (χ4n) is 11.3. The number of esters is 4. The van der Waals surface area contributed by atoms with E-state index in [1.165, 1.54) is 180 Å². The Hall–Kier alpha value is -2.46. The van der Waals surface area contributed by atoms with Crippen molar-refractivity contribution in [1.29, 1.82) is 0 Å². The second-order valence-corrected chi connectivity index (χ2v) is 30.9. The maximum Gasteiger partial charge on any atom is 0.472 e. The molecule has 2 unspecified atom stereocenters. The first-order valence-electron chi connectivity index (χ1n) is 39.3. The molecule has 17 nitrogen and oxygen atoms in total. The van der Waals surface area contributed by atoms with Gasteiger partial charge >= 0.3 is 39.5 Å². The summed E-state index contributed by atoms with van der Waals surface area (Å²) in [5.74, 6) is -0.570. The summed E-state index contributed by atoms with van der Waals surface area (Å²) >= 11 is 0. The number of phosphoric acid groups is 2. The van der Waals surface area contributed by atoms with Gasteiger partial charge in [0.05, 0.1) is 26.4 Å². The molecule has 0 radical (unpaired) electrons. The first-order valence-corrected chi connectivity index (χ1v) is 42.3. The summed E-state index contributed by atoms with van der Waals surface area (Å²) in [5, 5.41) is 10.6. The number of aliphatic hydroxyl groups is 1. The number of hydrogen-bond acceptors (Lipinski definition) is 15. The van der Waals surface area contributed by atoms with Crippen LogP contribution in [-0.2, 0) is 65.4 Å². The molecule has 0 saturated heterocycles. The maximum absolute atomic E-state index is 13.1. The Balaban J connectivity index is 5.27. The van der Waals surface area contributed by atoms with Crippen LogP contribution in [0, 0.1) is 11.8 Å². The van der Waals surface area contributed by atoms with Crippen molar-refractivity contribution in [2.75, 3.05) is 39.6 Å². The molecule has 0 aromatic rings. The van der Waals surface area contributed by atoms with E-state index in [0.29, 0.717) is 25.7 Å². The lowest BCUT2D eigenvalue weighted by atomic mass is 10.0. The molecule has 0 heterocycles. The smallest absolute Gasteiger partial charge is 0.462 e. The van der Waals surface area contributed by atoms with Crippen LogP contribution in [0.5, 0.6) is 0 Å². The molecule has 0 aliphatic heterocycles. The van der Waals surface area contributed by atoms with Gasteiger partial charge in [0.25, 0.3) is 0 Å². The summed E-state index contributed by atoms with van der Waals surface area (Å²) in [6, 6.07) is 0. The van der Waals surface area contributed by atoms with E-state index >= 15 is 0 Å². The Morgan fingerprint density at radius 1 is 0.323 bits per heavy atom. The van der Waals surface area contributed by atoms with Crippen LogP contribution >= 0.6 is 15.6 Å². The standard InChI is InChI=1S/C77H146O17P2/c1-7-9-11-13-15-17-18-19-20-25-31-37-43-49-55-61-76(81)93-72(65-87-74(79)59-53-47-41-33-16-14-12-10-8-2)67-91-95(83,84)89-63-71(78)64-90-96(85,86)92-68-73(94-77(82)62-56-50-44-38-32-27-22-24-29-35-40-46-52-58-70(5)6)66-88-75(80)60-54-48-42-36-30-26-21-23-28-34-39-45-51-57-69(3)4/h17-20,69-73,78H,7-16,21-68H2,1-6H3,(H,83,84)(H,85,86)/b18-17-,20-19-/t71-,72+,73+/m0/s1. The molecule has 0 amide bonds. The Kier molecular flexibility index (Phi) is 66.6. The highest BCUT2D eigenvalue weighted by Crippen LogP contribution is 2.45. The topological polar surface area (TPSA) is 237 Å².